The van der Waals surface area contributed by atoms with Crippen LogP contribution in [0.1, 0.15) is 45.5 Å². The molecule has 1 aliphatic carbocycles. The van der Waals surface area contributed by atoms with Crippen LogP contribution in [0.3, 0.4) is 0 Å². The van der Waals surface area contributed by atoms with Crippen LogP contribution in [0, 0.1) is 0 Å². The van der Waals surface area contributed by atoms with E-state index in [1.165, 1.54) is 4.90 Å². The third-order valence-corrected chi connectivity index (χ3v) is 7.86. The van der Waals surface area contributed by atoms with E-state index in [2.05, 4.69) is 15.6 Å². The van der Waals surface area contributed by atoms with Gasteiger partial charge in [0, 0.05) is 36.2 Å². The highest BCUT2D eigenvalue weighted by Gasteiger charge is 2.51. The Hall–Kier alpha value is -4.37. The number of aromatic nitrogens is 1. The Bertz CT molecular complexity index is 1480. The first-order chi connectivity index (χ1) is 19.0. The predicted molar refractivity (Wildman–Crippen MR) is 143 cm³/mol. The molecular weight excluding hydrogens is 496 g/mol. The first kappa shape index (κ1) is 24.9. The topological polar surface area (TPSA) is 118 Å². The van der Waals surface area contributed by atoms with Crippen LogP contribution >= 0.6 is 0 Å². The normalized spacial score (nSPS) is 20.8. The van der Waals surface area contributed by atoms with E-state index >= 15 is 0 Å². The smallest absolute Gasteiger partial charge is 0.252 e. The van der Waals surface area contributed by atoms with Gasteiger partial charge in [-0.15, -0.1) is 0 Å². The Morgan fingerprint density at radius 3 is 2.79 bits per heavy atom. The molecule has 2 atom stereocenters. The van der Waals surface area contributed by atoms with Crippen LogP contribution in [0.4, 0.5) is 11.5 Å². The van der Waals surface area contributed by atoms with Crippen LogP contribution in [0.5, 0.6) is 0 Å². The second-order valence-electron chi connectivity index (χ2n) is 10.3. The fraction of sp³-hybridized carbons (Fsp3) is 0.300. The summed E-state index contributed by atoms with van der Waals surface area (Å²) in [6.07, 6.45) is 4.30. The summed E-state index contributed by atoms with van der Waals surface area (Å²) in [5.41, 5.74) is 3.99. The van der Waals surface area contributed by atoms with Gasteiger partial charge in [0.25, 0.3) is 5.91 Å². The summed E-state index contributed by atoms with van der Waals surface area (Å²) in [4.78, 5) is 56.7. The fourth-order valence-corrected chi connectivity index (χ4v) is 5.91. The number of anilines is 2. The van der Waals surface area contributed by atoms with Gasteiger partial charge in [0.15, 0.2) is 0 Å². The van der Waals surface area contributed by atoms with Gasteiger partial charge in [-0.1, -0.05) is 36.4 Å². The molecule has 0 bridgehead atoms. The Labute approximate surface area is 225 Å². The molecule has 3 aliphatic rings. The minimum atomic E-state index is -0.689. The van der Waals surface area contributed by atoms with E-state index in [9.17, 15) is 19.2 Å². The summed E-state index contributed by atoms with van der Waals surface area (Å²) in [5, 5.41) is 5.82. The number of carbonyl (C=O) groups is 4. The summed E-state index contributed by atoms with van der Waals surface area (Å²) in [6.45, 7) is 0.446. The third kappa shape index (κ3) is 4.59. The van der Waals surface area contributed by atoms with E-state index in [1.807, 2.05) is 30.3 Å². The first-order valence-electron chi connectivity index (χ1n) is 13.1. The molecule has 2 unspecified atom stereocenters. The van der Waals surface area contributed by atoms with Gasteiger partial charge in [0.2, 0.25) is 11.8 Å². The second-order valence-corrected chi connectivity index (χ2v) is 10.3. The van der Waals surface area contributed by atoms with Crippen LogP contribution in [-0.2, 0) is 43.9 Å². The molecule has 2 aromatic carbocycles. The molecule has 0 radical (unpaired) electrons. The van der Waals surface area contributed by atoms with E-state index < -0.39 is 11.5 Å². The van der Waals surface area contributed by atoms with Gasteiger partial charge in [-0.2, -0.15) is 0 Å². The van der Waals surface area contributed by atoms with Crippen molar-refractivity contribution in [1.29, 1.82) is 0 Å². The van der Waals surface area contributed by atoms with E-state index in [0.29, 0.717) is 48.5 Å². The van der Waals surface area contributed by atoms with Crippen molar-refractivity contribution in [2.45, 2.75) is 43.7 Å². The van der Waals surface area contributed by atoms with E-state index in [4.69, 9.17) is 4.74 Å². The molecule has 6 rings (SSSR count). The van der Waals surface area contributed by atoms with Crippen molar-refractivity contribution in [1.82, 2.24) is 9.88 Å². The Balaban J connectivity index is 1.19. The molecule has 3 aromatic rings. The fourth-order valence-electron chi connectivity index (χ4n) is 5.91. The van der Waals surface area contributed by atoms with Gasteiger partial charge < -0.3 is 20.3 Å². The number of fused-ring (bicyclic) bond motifs is 3. The maximum atomic E-state index is 13.3. The van der Waals surface area contributed by atoms with E-state index in [0.717, 1.165) is 29.4 Å². The van der Waals surface area contributed by atoms with Gasteiger partial charge in [0.05, 0.1) is 5.41 Å². The molecule has 198 valence electrons. The maximum Gasteiger partial charge on any atom is 0.252 e. The van der Waals surface area contributed by atoms with Crippen LogP contribution in [0.2, 0.25) is 0 Å². The average Bonchev–Trinajstić information content (AvgIpc) is 3.67. The number of rotatable bonds is 7. The Kier molecular flexibility index (Phi) is 6.44. The molecule has 2 N–H and O–H groups in total. The van der Waals surface area contributed by atoms with Crippen LogP contribution in [0.25, 0.3) is 0 Å². The zero-order chi connectivity index (χ0) is 27.0. The van der Waals surface area contributed by atoms with Crippen molar-refractivity contribution >= 4 is 35.5 Å². The molecule has 0 saturated carbocycles. The zero-order valence-corrected chi connectivity index (χ0v) is 21.3. The van der Waals surface area contributed by atoms with E-state index in [1.54, 1.807) is 30.5 Å². The minimum Gasteiger partial charge on any atom is -0.368 e. The highest BCUT2D eigenvalue weighted by Crippen LogP contribution is 2.46. The standard InChI is InChI=1S/C30H28N4O5/c35-18-21-6-2-1-5-20(21)16-34(28(37)25-8-4-12-39-25)17-26(36)32-23-10-9-19-14-30(15-22(19)13-23)24-7-3-11-31-27(24)33-29(30)38/h1-3,5-7,9-11,13,18,25H,4,8,12,14-17H2,(H,32,36)(H,31,33,38). The number of hydrogen-bond donors (Lipinski definition) is 2. The van der Waals surface area contributed by atoms with Crippen LogP contribution in [0.15, 0.2) is 60.8 Å². The number of nitrogens with one attached hydrogen (secondary N) is 2. The number of carbonyl (C=O) groups excluding carboxylic acids is 4. The zero-order valence-electron chi connectivity index (χ0n) is 21.3. The second kappa shape index (κ2) is 10.1. The van der Waals surface area contributed by atoms with Crippen molar-refractivity contribution in [3.63, 3.8) is 0 Å². The SMILES string of the molecule is O=Cc1ccccc1CN(CC(=O)Nc1ccc2c(c1)CC1(C2)C(=O)Nc2ncccc21)C(=O)C1CCCO1. The monoisotopic (exact) mass is 524 g/mol. The molecule has 9 heteroatoms. The molecule has 39 heavy (non-hydrogen) atoms. The highest BCUT2D eigenvalue weighted by molar-refractivity contribution is 6.06. The lowest BCUT2D eigenvalue weighted by molar-refractivity contribution is -0.143. The largest absolute Gasteiger partial charge is 0.368 e. The number of hydrogen-bond acceptors (Lipinski definition) is 6. The number of amides is 3. The Morgan fingerprint density at radius 2 is 1.97 bits per heavy atom. The van der Waals surface area contributed by atoms with Crippen LogP contribution in [-0.4, -0.2) is 53.1 Å². The molecular formula is C30H28N4O5. The predicted octanol–water partition coefficient (Wildman–Crippen LogP) is 3.03. The Morgan fingerprint density at radius 1 is 1.13 bits per heavy atom. The van der Waals surface area contributed by atoms with Crippen molar-refractivity contribution in [2.24, 2.45) is 0 Å². The lowest BCUT2D eigenvalue weighted by Gasteiger charge is -2.25. The molecule has 1 saturated heterocycles. The maximum absolute atomic E-state index is 13.3. The van der Waals surface area contributed by atoms with Crippen molar-refractivity contribution < 1.29 is 23.9 Å². The molecule has 9 nitrogen and oxygen atoms in total. The minimum absolute atomic E-state index is 0.0584. The summed E-state index contributed by atoms with van der Waals surface area (Å²) < 4.78 is 5.59. The number of ether oxygens (including phenoxy) is 1. The lowest BCUT2D eigenvalue weighted by Crippen LogP contribution is -2.43. The van der Waals surface area contributed by atoms with Gasteiger partial charge in [-0.05, 0) is 60.6 Å². The summed E-state index contributed by atoms with van der Waals surface area (Å²) >= 11 is 0. The summed E-state index contributed by atoms with van der Waals surface area (Å²) in [5.74, 6) is -0.0719. The van der Waals surface area contributed by atoms with Crippen molar-refractivity contribution in [3.05, 3.63) is 88.6 Å². The van der Waals surface area contributed by atoms with E-state index in [-0.39, 0.29) is 30.8 Å². The number of pyridine rings is 1. The molecule has 1 fully saturated rings. The lowest BCUT2D eigenvalue weighted by atomic mass is 9.79. The molecule has 3 heterocycles. The molecule has 1 aromatic heterocycles. The van der Waals surface area contributed by atoms with Gasteiger partial charge >= 0.3 is 0 Å². The number of benzene rings is 2. The quantitative estimate of drug-likeness (QED) is 0.459. The van der Waals surface area contributed by atoms with Crippen LogP contribution < -0.4 is 10.6 Å². The number of nitrogens with zero attached hydrogens (tertiary/aromatic N) is 2. The summed E-state index contributed by atoms with van der Waals surface area (Å²) in [6, 6.07) is 16.5. The van der Waals surface area contributed by atoms with Gasteiger partial charge in [0.1, 0.15) is 24.8 Å². The highest BCUT2D eigenvalue weighted by atomic mass is 16.5. The van der Waals surface area contributed by atoms with Crippen molar-refractivity contribution in [2.75, 3.05) is 23.8 Å². The third-order valence-electron chi connectivity index (χ3n) is 7.86. The summed E-state index contributed by atoms with van der Waals surface area (Å²) in [7, 11) is 0. The first-order valence-corrected chi connectivity index (χ1v) is 13.1. The van der Waals surface area contributed by atoms with Gasteiger partial charge in [-0.25, -0.2) is 4.98 Å². The molecule has 1 spiro atoms. The van der Waals surface area contributed by atoms with Crippen molar-refractivity contribution in [3.8, 4) is 0 Å². The molecule has 3 amide bonds. The van der Waals surface area contributed by atoms with Gasteiger partial charge in [-0.3, -0.25) is 19.2 Å². The number of aldehydes is 1. The molecule has 2 aliphatic heterocycles. The average molecular weight is 525 g/mol.